The maximum atomic E-state index is 9.89. The molecule has 0 unspecified atom stereocenters. The molecular formula is C13H18N2O. The topological polar surface area (TPSA) is 47.3 Å². The first-order valence-electron chi connectivity index (χ1n) is 5.50. The number of anilines is 1. The van der Waals surface area contributed by atoms with Crippen molar-refractivity contribution in [1.82, 2.24) is 0 Å². The molecule has 1 aromatic rings. The highest BCUT2D eigenvalue weighted by molar-refractivity contribution is 5.56. The number of rotatable bonds is 4. The zero-order chi connectivity index (χ0) is 12.1. The highest BCUT2D eigenvalue weighted by atomic mass is 16.5. The second-order valence-electron chi connectivity index (χ2n) is 4.19. The van der Waals surface area contributed by atoms with Crippen molar-refractivity contribution in [2.24, 2.45) is 0 Å². The van der Waals surface area contributed by atoms with Gasteiger partial charge in [-0.3, -0.25) is 10.3 Å². The minimum atomic E-state index is 0.321. The molecule has 0 aliphatic heterocycles. The summed E-state index contributed by atoms with van der Waals surface area (Å²) in [4.78, 5) is 0. The zero-order valence-electron chi connectivity index (χ0n) is 10.1. The van der Waals surface area contributed by atoms with Crippen LogP contribution in [-0.4, -0.2) is 11.8 Å². The molecular weight excluding hydrogens is 200 g/mol. The number of nitriles is 1. The minimum absolute atomic E-state index is 0.321. The van der Waals surface area contributed by atoms with Crippen molar-refractivity contribution in [1.29, 1.82) is 5.26 Å². The fraction of sp³-hybridized carbons (Fsp3) is 0.462. The predicted octanol–water partition coefficient (Wildman–Crippen LogP) is 3.23. The zero-order valence-corrected chi connectivity index (χ0v) is 10.1. The Labute approximate surface area is 96.9 Å². The van der Waals surface area contributed by atoms with Crippen molar-refractivity contribution in [2.75, 3.05) is 11.6 Å². The number of hydrogen-bond donors (Lipinski definition) is 1. The predicted molar refractivity (Wildman–Crippen MR) is 64.6 cm³/mol. The van der Waals surface area contributed by atoms with Gasteiger partial charge in [0.05, 0.1) is 24.7 Å². The van der Waals surface area contributed by atoms with Crippen LogP contribution in [0.15, 0.2) is 18.2 Å². The van der Waals surface area contributed by atoms with Crippen LogP contribution < -0.4 is 5.06 Å². The summed E-state index contributed by atoms with van der Waals surface area (Å²) in [6, 6.07) is 7.88. The van der Waals surface area contributed by atoms with Crippen molar-refractivity contribution in [3.05, 3.63) is 29.3 Å². The summed E-state index contributed by atoms with van der Waals surface area (Å²) in [5, 5.41) is 19.6. The molecule has 1 N–H and O–H groups in total. The normalized spacial score (nSPS) is 10.2. The van der Waals surface area contributed by atoms with Gasteiger partial charge in [0.2, 0.25) is 0 Å². The Morgan fingerprint density at radius 1 is 1.44 bits per heavy atom. The number of aryl methyl sites for hydroxylation is 1. The lowest BCUT2D eigenvalue weighted by molar-refractivity contribution is 0.255. The van der Waals surface area contributed by atoms with E-state index < -0.39 is 0 Å². The van der Waals surface area contributed by atoms with Crippen LogP contribution in [0.3, 0.4) is 0 Å². The van der Waals surface area contributed by atoms with Gasteiger partial charge in [-0.2, -0.15) is 5.26 Å². The molecule has 0 aliphatic rings. The van der Waals surface area contributed by atoms with Crippen LogP contribution in [-0.2, 0) is 0 Å². The van der Waals surface area contributed by atoms with Gasteiger partial charge >= 0.3 is 0 Å². The van der Waals surface area contributed by atoms with Gasteiger partial charge in [-0.15, -0.1) is 0 Å². The Hall–Kier alpha value is -1.53. The van der Waals surface area contributed by atoms with Crippen LogP contribution >= 0.6 is 0 Å². The van der Waals surface area contributed by atoms with Gasteiger partial charge < -0.3 is 0 Å². The van der Waals surface area contributed by atoms with E-state index in [4.69, 9.17) is 5.26 Å². The van der Waals surface area contributed by atoms with Crippen molar-refractivity contribution in [2.45, 2.75) is 33.1 Å². The molecule has 1 rings (SSSR count). The van der Waals surface area contributed by atoms with E-state index in [0.29, 0.717) is 18.9 Å². The molecule has 0 aromatic heterocycles. The van der Waals surface area contributed by atoms with Gasteiger partial charge in [0.25, 0.3) is 0 Å². The molecule has 0 atom stereocenters. The number of hydroxylamine groups is 1. The van der Waals surface area contributed by atoms with Gasteiger partial charge in [-0.1, -0.05) is 26.0 Å². The fourth-order valence-corrected chi connectivity index (χ4v) is 1.92. The lowest BCUT2D eigenvalue weighted by Gasteiger charge is -2.22. The number of nitrogens with zero attached hydrogens (tertiary/aromatic N) is 2. The average molecular weight is 218 g/mol. The maximum absolute atomic E-state index is 9.89. The first-order chi connectivity index (χ1) is 7.57. The molecule has 0 fully saturated rings. The molecule has 1 aromatic carbocycles. The third kappa shape index (κ3) is 2.74. The molecule has 0 spiro atoms. The summed E-state index contributed by atoms with van der Waals surface area (Å²) in [7, 11) is 0. The monoisotopic (exact) mass is 218 g/mol. The Bertz CT molecular complexity index is 393. The van der Waals surface area contributed by atoms with Crippen LogP contribution in [0.25, 0.3) is 0 Å². The molecule has 16 heavy (non-hydrogen) atoms. The summed E-state index contributed by atoms with van der Waals surface area (Å²) in [6.45, 7) is 6.59. The molecule has 0 saturated heterocycles. The third-order valence-electron chi connectivity index (χ3n) is 2.59. The molecule has 0 bridgehead atoms. The van der Waals surface area contributed by atoms with Crippen LogP contribution in [0.4, 0.5) is 5.69 Å². The van der Waals surface area contributed by atoms with E-state index in [0.717, 1.165) is 11.3 Å². The summed E-state index contributed by atoms with van der Waals surface area (Å²) in [5.41, 5.74) is 3.12. The average Bonchev–Trinajstić information content (AvgIpc) is 2.24. The van der Waals surface area contributed by atoms with Crippen LogP contribution in [0.1, 0.15) is 37.3 Å². The van der Waals surface area contributed by atoms with E-state index in [9.17, 15) is 5.21 Å². The van der Waals surface area contributed by atoms with Gasteiger partial charge in [0, 0.05) is 0 Å². The Morgan fingerprint density at radius 2 is 2.12 bits per heavy atom. The summed E-state index contributed by atoms with van der Waals surface area (Å²) < 4.78 is 0. The van der Waals surface area contributed by atoms with Crippen molar-refractivity contribution < 1.29 is 5.21 Å². The molecule has 3 heteroatoms. The number of hydrogen-bond acceptors (Lipinski definition) is 3. The summed E-state index contributed by atoms with van der Waals surface area (Å²) in [6.07, 6.45) is 0.321. The van der Waals surface area contributed by atoms with E-state index in [-0.39, 0.29) is 0 Å². The van der Waals surface area contributed by atoms with Gasteiger partial charge in [-0.05, 0) is 30.0 Å². The van der Waals surface area contributed by atoms with E-state index in [1.165, 1.54) is 10.6 Å². The van der Waals surface area contributed by atoms with Crippen LogP contribution in [0.5, 0.6) is 0 Å². The Balaban J connectivity index is 3.03. The van der Waals surface area contributed by atoms with Crippen molar-refractivity contribution in [3.8, 4) is 6.07 Å². The second kappa shape index (κ2) is 5.53. The van der Waals surface area contributed by atoms with E-state index in [2.05, 4.69) is 13.8 Å². The van der Waals surface area contributed by atoms with Gasteiger partial charge in [0.15, 0.2) is 0 Å². The molecule has 0 amide bonds. The van der Waals surface area contributed by atoms with E-state index in [1.54, 1.807) is 0 Å². The van der Waals surface area contributed by atoms with Crippen molar-refractivity contribution in [3.63, 3.8) is 0 Å². The molecule has 0 saturated carbocycles. The summed E-state index contributed by atoms with van der Waals surface area (Å²) >= 11 is 0. The lowest BCUT2D eigenvalue weighted by atomic mass is 9.96. The molecule has 0 radical (unpaired) electrons. The van der Waals surface area contributed by atoms with E-state index in [1.807, 2.05) is 31.2 Å². The Kier molecular flexibility index (Phi) is 4.33. The quantitative estimate of drug-likeness (QED) is 0.789. The highest BCUT2D eigenvalue weighted by Gasteiger charge is 2.13. The van der Waals surface area contributed by atoms with Crippen LogP contribution in [0.2, 0.25) is 0 Å². The SMILES string of the molecule is Cc1cccc(N(O)CCC#N)c1C(C)C. The van der Waals surface area contributed by atoms with Gasteiger partial charge in [0.1, 0.15) is 0 Å². The third-order valence-corrected chi connectivity index (χ3v) is 2.59. The lowest BCUT2D eigenvalue weighted by Crippen LogP contribution is -2.21. The molecule has 86 valence electrons. The standard InChI is InChI=1S/C13H18N2O/c1-10(2)13-11(3)6-4-7-12(13)15(16)9-5-8-14/h4,6-7,10,16H,5,9H2,1-3H3. The smallest absolute Gasteiger partial charge is 0.0671 e. The molecule has 3 nitrogen and oxygen atoms in total. The second-order valence-corrected chi connectivity index (χ2v) is 4.19. The molecule has 0 heterocycles. The molecule has 0 aliphatic carbocycles. The first-order valence-corrected chi connectivity index (χ1v) is 5.50. The maximum Gasteiger partial charge on any atom is 0.0671 e. The van der Waals surface area contributed by atoms with Crippen LogP contribution in [0, 0.1) is 18.3 Å². The largest absolute Gasteiger partial charge is 0.288 e. The fourth-order valence-electron chi connectivity index (χ4n) is 1.92. The summed E-state index contributed by atoms with van der Waals surface area (Å²) in [5.74, 6) is 0.355. The highest BCUT2D eigenvalue weighted by Crippen LogP contribution is 2.29. The van der Waals surface area contributed by atoms with Gasteiger partial charge in [-0.25, -0.2) is 0 Å². The van der Waals surface area contributed by atoms with E-state index >= 15 is 0 Å². The first kappa shape index (κ1) is 12.5. The Morgan fingerprint density at radius 3 is 2.69 bits per heavy atom. The van der Waals surface area contributed by atoms with Crippen molar-refractivity contribution >= 4 is 5.69 Å². The number of benzene rings is 1. The minimum Gasteiger partial charge on any atom is -0.288 e.